The number of hydrogen-bond acceptors (Lipinski definition) is 4. The zero-order chi connectivity index (χ0) is 22.1. The Morgan fingerprint density at radius 3 is 2.27 bits per heavy atom. The Bertz CT molecular complexity index is 777. The van der Waals surface area contributed by atoms with Crippen molar-refractivity contribution in [2.24, 2.45) is 0 Å². The second-order valence-electron chi connectivity index (χ2n) is 7.65. The third-order valence-electron chi connectivity index (χ3n) is 4.83. The Morgan fingerprint density at radius 2 is 1.67 bits per heavy atom. The van der Waals surface area contributed by atoms with Crippen molar-refractivity contribution in [3.63, 3.8) is 0 Å². The molecule has 0 saturated carbocycles. The van der Waals surface area contributed by atoms with Gasteiger partial charge in [-0.2, -0.15) is 13.2 Å². The van der Waals surface area contributed by atoms with E-state index in [1.807, 2.05) is 32.3 Å². The standard InChI is InChI=1S/C23H31F3N2O2/c1-17(27-16-19-7-10-20(11-8-19)23(24,25)26)5-6-18-9-12-21(22(15-18)29-4)30-14-13-28(2)3/h7-12,15,17,27H,5-6,13-14,16H2,1-4H3/t17-/m1/s1. The summed E-state index contributed by atoms with van der Waals surface area (Å²) in [7, 11) is 5.62. The van der Waals surface area contributed by atoms with Crippen LogP contribution >= 0.6 is 0 Å². The maximum absolute atomic E-state index is 12.6. The van der Waals surface area contributed by atoms with E-state index in [9.17, 15) is 13.2 Å². The summed E-state index contributed by atoms with van der Waals surface area (Å²) in [6, 6.07) is 11.5. The van der Waals surface area contributed by atoms with Crippen molar-refractivity contribution >= 4 is 0 Å². The fourth-order valence-corrected chi connectivity index (χ4v) is 2.91. The first-order valence-electron chi connectivity index (χ1n) is 10.0. The van der Waals surface area contributed by atoms with E-state index in [1.165, 1.54) is 12.1 Å². The second-order valence-corrected chi connectivity index (χ2v) is 7.65. The summed E-state index contributed by atoms with van der Waals surface area (Å²) in [5.41, 5.74) is 1.35. The van der Waals surface area contributed by atoms with Crippen LogP contribution in [-0.2, 0) is 19.1 Å². The highest BCUT2D eigenvalue weighted by molar-refractivity contribution is 5.43. The number of likely N-dealkylation sites (N-methyl/N-ethyl adjacent to an activating group) is 1. The lowest BCUT2D eigenvalue weighted by Crippen LogP contribution is -2.26. The number of aryl methyl sites for hydroxylation is 1. The Kier molecular flexibility index (Phi) is 8.99. The molecule has 2 aromatic rings. The minimum absolute atomic E-state index is 0.217. The molecule has 0 spiro atoms. The number of rotatable bonds is 11. The highest BCUT2D eigenvalue weighted by Gasteiger charge is 2.29. The zero-order valence-electron chi connectivity index (χ0n) is 18.1. The van der Waals surface area contributed by atoms with Gasteiger partial charge in [0.25, 0.3) is 0 Å². The number of nitrogens with zero attached hydrogens (tertiary/aromatic N) is 1. The summed E-state index contributed by atoms with van der Waals surface area (Å²) in [5, 5.41) is 3.36. The van der Waals surface area contributed by atoms with Gasteiger partial charge >= 0.3 is 6.18 Å². The molecule has 0 radical (unpaired) electrons. The van der Waals surface area contributed by atoms with Crippen molar-refractivity contribution in [3.05, 3.63) is 59.2 Å². The molecule has 0 saturated heterocycles. The Labute approximate surface area is 177 Å². The van der Waals surface area contributed by atoms with Crippen LogP contribution in [-0.4, -0.2) is 45.3 Å². The number of hydrogen-bond donors (Lipinski definition) is 1. The lowest BCUT2D eigenvalue weighted by Gasteiger charge is -2.16. The molecular formula is C23H31F3N2O2. The van der Waals surface area contributed by atoms with E-state index in [1.54, 1.807) is 7.11 Å². The molecule has 1 N–H and O–H groups in total. The summed E-state index contributed by atoms with van der Waals surface area (Å²) in [6.45, 7) is 4.02. The summed E-state index contributed by atoms with van der Waals surface area (Å²) in [4.78, 5) is 2.06. The van der Waals surface area contributed by atoms with Crippen molar-refractivity contribution in [1.29, 1.82) is 0 Å². The average molecular weight is 425 g/mol. The van der Waals surface area contributed by atoms with Crippen LogP contribution in [0, 0.1) is 0 Å². The van der Waals surface area contributed by atoms with Gasteiger partial charge in [0.15, 0.2) is 11.5 Å². The van der Waals surface area contributed by atoms with Crippen molar-refractivity contribution in [2.45, 2.75) is 38.5 Å². The highest BCUT2D eigenvalue weighted by atomic mass is 19.4. The lowest BCUT2D eigenvalue weighted by molar-refractivity contribution is -0.137. The first-order valence-corrected chi connectivity index (χ1v) is 10.0. The fourth-order valence-electron chi connectivity index (χ4n) is 2.91. The first-order chi connectivity index (χ1) is 14.2. The van der Waals surface area contributed by atoms with Crippen molar-refractivity contribution in [2.75, 3.05) is 34.4 Å². The number of methoxy groups -OCH3 is 1. The molecule has 1 atom stereocenters. The predicted molar refractivity (Wildman–Crippen MR) is 113 cm³/mol. The molecule has 0 amide bonds. The van der Waals surface area contributed by atoms with E-state index in [2.05, 4.69) is 17.1 Å². The van der Waals surface area contributed by atoms with Crippen LogP contribution in [0.15, 0.2) is 42.5 Å². The van der Waals surface area contributed by atoms with E-state index in [-0.39, 0.29) is 6.04 Å². The maximum Gasteiger partial charge on any atom is 0.416 e. The van der Waals surface area contributed by atoms with Crippen LogP contribution in [0.3, 0.4) is 0 Å². The van der Waals surface area contributed by atoms with Gasteiger partial charge in [0, 0.05) is 19.1 Å². The van der Waals surface area contributed by atoms with Crippen molar-refractivity contribution in [3.8, 4) is 11.5 Å². The number of ether oxygens (including phenoxy) is 2. The summed E-state index contributed by atoms with van der Waals surface area (Å²) in [6.07, 6.45) is -2.55. The Morgan fingerprint density at radius 1 is 1.00 bits per heavy atom. The largest absolute Gasteiger partial charge is 0.493 e. The van der Waals surface area contributed by atoms with Crippen LogP contribution in [0.25, 0.3) is 0 Å². The molecule has 0 aromatic heterocycles. The van der Waals surface area contributed by atoms with E-state index in [0.717, 1.165) is 54.1 Å². The van der Waals surface area contributed by atoms with Crippen LogP contribution < -0.4 is 14.8 Å². The second kappa shape index (κ2) is 11.2. The molecule has 0 heterocycles. The van der Waals surface area contributed by atoms with E-state index in [0.29, 0.717) is 13.2 Å². The normalized spacial score (nSPS) is 12.8. The maximum atomic E-state index is 12.6. The quantitative estimate of drug-likeness (QED) is 0.564. The number of nitrogens with one attached hydrogen (secondary N) is 1. The van der Waals surface area contributed by atoms with Gasteiger partial charge in [0.05, 0.1) is 12.7 Å². The molecule has 0 aliphatic carbocycles. The van der Waals surface area contributed by atoms with Gasteiger partial charge in [0.2, 0.25) is 0 Å². The lowest BCUT2D eigenvalue weighted by atomic mass is 10.0. The minimum Gasteiger partial charge on any atom is -0.493 e. The summed E-state index contributed by atoms with van der Waals surface area (Å²) < 4.78 is 49.1. The van der Waals surface area contributed by atoms with Gasteiger partial charge in [-0.15, -0.1) is 0 Å². The van der Waals surface area contributed by atoms with Gasteiger partial charge in [-0.05, 0) is 69.3 Å². The first kappa shape index (κ1) is 24.0. The predicted octanol–water partition coefficient (Wildman–Crippen LogP) is 4.77. The fraction of sp³-hybridized carbons (Fsp3) is 0.478. The van der Waals surface area contributed by atoms with Crippen molar-refractivity contribution < 1.29 is 22.6 Å². The summed E-state index contributed by atoms with van der Waals surface area (Å²) >= 11 is 0. The van der Waals surface area contributed by atoms with E-state index >= 15 is 0 Å². The van der Waals surface area contributed by atoms with Gasteiger partial charge in [-0.1, -0.05) is 18.2 Å². The summed E-state index contributed by atoms with van der Waals surface area (Å²) in [5.74, 6) is 1.45. The smallest absolute Gasteiger partial charge is 0.416 e. The molecule has 166 valence electrons. The third kappa shape index (κ3) is 7.88. The van der Waals surface area contributed by atoms with Gasteiger partial charge in [-0.3, -0.25) is 0 Å². The Hall–Kier alpha value is -2.25. The third-order valence-corrected chi connectivity index (χ3v) is 4.83. The monoisotopic (exact) mass is 424 g/mol. The van der Waals surface area contributed by atoms with Crippen LogP contribution in [0.5, 0.6) is 11.5 Å². The highest BCUT2D eigenvalue weighted by Crippen LogP contribution is 2.30. The molecule has 0 fully saturated rings. The number of alkyl halides is 3. The number of halogens is 3. The molecule has 0 aliphatic rings. The Balaban J connectivity index is 1.81. The zero-order valence-corrected chi connectivity index (χ0v) is 18.1. The van der Waals surface area contributed by atoms with Crippen LogP contribution in [0.4, 0.5) is 13.2 Å². The van der Waals surface area contributed by atoms with E-state index < -0.39 is 11.7 Å². The van der Waals surface area contributed by atoms with Gasteiger partial charge < -0.3 is 19.7 Å². The SMILES string of the molecule is COc1cc(CC[C@@H](C)NCc2ccc(C(F)(F)F)cc2)ccc1OCCN(C)C. The molecule has 0 bridgehead atoms. The van der Waals surface area contributed by atoms with Gasteiger partial charge in [0.1, 0.15) is 6.61 Å². The molecule has 4 nitrogen and oxygen atoms in total. The van der Waals surface area contributed by atoms with E-state index in [4.69, 9.17) is 9.47 Å². The molecule has 2 aromatic carbocycles. The molecule has 30 heavy (non-hydrogen) atoms. The molecule has 7 heteroatoms. The topological polar surface area (TPSA) is 33.7 Å². The van der Waals surface area contributed by atoms with Crippen LogP contribution in [0.1, 0.15) is 30.0 Å². The molecule has 0 unspecified atom stereocenters. The minimum atomic E-state index is -4.30. The molecular weight excluding hydrogens is 393 g/mol. The number of benzene rings is 2. The van der Waals surface area contributed by atoms with Crippen LogP contribution in [0.2, 0.25) is 0 Å². The molecule has 2 rings (SSSR count). The van der Waals surface area contributed by atoms with Crippen molar-refractivity contribution in [1.82, 2.24) is 10.2 Å². The van der Waals surface area contributed by atoms with Gasteiger partial charge in [-0.25, -0.2) is 0 Å². The molecule has 0 aliphatic heterocycles. The average Bonchev–Trinajstić information content (AvgIpc) is 2.70.